The number of rotatable bonds is 9. The van der Waals surface area contributed by atoms with Crippen molar-refractivity contribution in [1.29, 1.82) is 0 Å². The van der Waals surface area contributed by atoms with Crippen molar-refractivity contribution in [3.63, 3.8) is 0 Å². The van der Waals surface area contributed by atoms with Gasteiger partial charge in [-0.1, -0.05) is 6.07 Å². The second-order valence-electron chi connectivity index (χ2n) is 5.06. The summed E-state index contributed by atoms with van der Waals surface area (Å²) >= 11 is 0. The molecule has 0 spiro atoms. The molecule has 23 heavy (non-hydrogen) atoms. The molecule has 0 unspecified atom stereocenters. The number of aryl methyl sites for hydroxylation is 2. The van der Waals surface area contributed by atoms with Crippen LogP contribution in [0.2, 0.25) is 0 Å². The fraction of sp³-hybridized carbons (Fsp3) is 0.438. The Kier molecular flexibility index (Phi) is 6.56. The molecule has 1 aromatic carbocycles. The van der Waals surface area contributed by atoms with E-state index in [2.05, 4.69) is 15.4 Å². The van der Waals surface area contributed by atoms with Crippen molar-refractivity contribution >= 4 is 5.91 Å². The van der Waals surface area contributed by atoms with E-state index < -0.39 is 0 Å². The Morgan fingerprint density at radius 3 is 2.96 bits per heavy atom. The van der Waals surface area contributed by atoms with Crippen molar-refractivity contribution in [3.8, 4) is 5.75 Å². The number of methoxy groups -OCH3 is 1. The SMILES string of the molecule is COCCOc1cccc(C(=O)NCCCc2ncn(C)n2)c1. The molecule has 2 rings (SSSR count). The zero-order chi connectivity index (χ0) is 16.5. The van der Waals surface area contributed by atoms with Gasteiger partial charge in [-0.25, -0.2) is 4.98 Å². The molecule has 1 N–H and O–H groups in total. The molecule has 0 fully saturated rings. The smallest absolute Gasteiger partial charge is 0.251 e. The molecule has 7 heteroatoms. The molecular weight excluding hydrogens is 296 g/mol. The van der Waals surface area contributed by atoms with Crippen molar-refractivity contribution in [3.05, 3.63) is 42.0 Å². The van der Waals surface area contributed by atoms with Crippen molar-refractivity contribution in [2.24, 2.45) is 7.05 Å². The van der Waals surface area contributed by atoms with Crippen molar-refractivity contribution in [2.45, 2.75) is 12.8 Å². The van der Waals surface area contributed by atoms with Crippen molar-refractivity contribution < 1.29 is 14.3 Å². The first-order valence-electron chi connectivity index (χ1n) is 7.53. The van der Waals surface area contributed by atoms with Crippen LogP contribution in [0.4, 0.5) is 0 Å². The summed E-state index contributed by atoms with van der Waals surface area (Å²) in [6.45, 7) is 1.54. The number of nitrogens with one attached hydrogen (secondary N) is 1. The second-order valence-corrected chi connectivity index (χ2v) is 5.06. The molecule has 0 aliphatic heterocycles. The van der Waals surface area contributed by atoms with E-state index >= 15 is 0 Å². The number of carbonyl (C=O) groups is 1. The summed E-state index contributed by atoms with van der Waals surface area (Å²) in [7, 11) is 3.45. The minimum absolute atomic E-state index is 0.115. The normalized spacial score (nSPS) is 10.5. The predicted octanol–water partition coefficient (Wildman–Crippen LogP) is 1.20. The maximum Gasteiger partial charge on any atom is 0.251 e. The summed E-state index contributed by atoms with van der Waals surface area (Å²) in [6, 6.07) is 7.11. The van der Waals surface area contributed by atoms with Crippen LogP contribution in [0.5, 0.6) is 5.75 Å². The number of nitrogens with zero attached hydrogens (tertiary/aromatic N) is 3. The molecule has 0 saturated carbocycles. The molecule has 7 nitrogen and oxygen atoms in total. The summed E-state index contributed by atoms with van der Waals surface area (Å²) in [4.78, 5) is 16.3. The Labute approximate surface area is 135 Å². The first-order chi connectivity index (χ1) is 11.2. The summed E-state index contributed by atoms with van der Waals surface area (Å²) in [6.07, 6.45) is 3.20. The van der Waals surface area contributed by atoms with Gasteiger partial charge in [-0.2, -0.15) is 5.10 Å². The van der Waals surface area contributed by atoms with Gasteiger partial charge in [0.15, 0.2) is 5.82 Å². The van der Waals surface area contributed by atoms with Gasteiger partial charge in [-0.15, -0.1) is 0 Å². The van der Waals surface area contributed by atoms with Crippen LogP contribution in [0.3, 0.4) is 0 Å². The van der Waals surface area contributed by atoms with Gasteiger partial charge in [-0.05, 0) is 24.6 Å². The molecule has 0 saturated heterocycles. The highest BCUT2D eigenvalue weighted by molar-refractivity contribution is 5.94. The van der Waals surface area contributed by atoms with Crippen LogP contribution in [0.1, 0.15) is 22.6 Å². The van der Waals surface area contributed by atoms with Crippen molar-refractivity contribution in [1.82, 2.24) is 20.1 Å². The Morgan fingerprint density at radius 2 is 2.22 bits per heavy atom. The molecule has 1 aromatic heterocycles. The highest BCUT2D eigenvalue weighted by Crippen LogP contribution is 2.13. The van der Waals surface area contributed by atoms with E-state index in [9.17, 15) is 4.79 Å². The highest BCUT2D eigenvalue weighted by atomic mass is 16.5. The van der Waals surface area contributed by atoms with Crippen LogP contribution in [-0.4, -0.2) is 47.5 Å². The van der Waals surface area contributed by atoms with Crippen LogP contribution in [0.25, 0.3) is 0 Å². The predicted molar refractivity (Wildman–Crippen MR) is 85.5 cm³/mol. The van der Waals surface area contributed by atoms with Crippen molar-refractivity contribution in [2.75, 3.05) is 26.9 Å². The van der Waals surface area contributed by atoms with Gasteiger partial charge >= 0.3 is 0 Å². The molecule has 0 atom stereocenters. The number of benzene rings is 1. The van der Waals surface area contributed by atoms with Gasteiger partial charge in [0, 0.05) is 32.7 Å². The van der Waals surface area contributed by atoms with Gasteiger partial charge in [0.1, 0.15) is 18.7 Å². The fourth-order valence-electron chi connectivity index (χ4n) is 2.02. The quantitative estimate of drug-likeness (QED) is 0.703. The van der Waals surface area contributed by atoms with E-state index in [1.165, 1.54) is 0 Å². The van der Waals surface area contributed by atoms with E-state index in [0.29, 0.717) is 31.1 Å². The van der Waals surface area contributed by atoms with E-state index in [-0.39, 0.29) is 5.91 Å². The molecular formula is C16H22N4O3. The lowest BCUT2D eigenvalue weighted by molar-refractivity contribution is 0.0952. The number of aromatic nitrogens is 3. The Morgan fingerprint density at radius 1 is 1.35 bits per heavy atom. The number of hydrogen-bond acceptors (Lipinski definition) is 5. The molecule has 0 aliphatic carbocycles. The number of carbonyl (C=O) groups excluding carboxylic acids is 1. The average Bonchev–Trinajstić information content (AvgIpc) is 2.97. The summed E-state index contributed by atoms with van der Waals surface area (Å²) in [5.74, 6) is 1.33. The molecule has 1 amide bonds. The standard InChI is InChI=1S/C16H22N4O3/c1-20-12-18-15(19-20)7-4-8-17-16(21)13-5-3-6-14(11-13)23-10-9-22-2/h3,5-6,11-12H,4,7-10H2,1-2H3,(H,17,21). The average molecular weight is 318 g/mol. The summed E-state index contributed by atoms with van der Waals surface area (Å²) in [5.41, 5.74) is 0.580. The molecule has 1 heterocycles. The van der Waals surface area contributed by atoms with Gasteiger partial charge in [0.05, 0.1) is 6.61 Å². The minimum atomic E-state index is -0.115. The van der Waals surface area contributed by atoms with E-state index in [1.54, 1.807) is 36.3 Å². The van der Waals surface area contributed by atoms with E-state index in [4.69, 9.17) is 9.47 Å². The van der Waals surface area contributed by atoms with E-state index in [1.807, 2.05) is 13.1 Å². The first kappa shape index (κ1) is 17.0. The summed E-state index contributed by atoms with van der Waals surface area (Å²) < 4.78 is 12.1. The molecule has 0 radical (unpaired) electrons. The molecule has 2 aromatic rings. The zero-order valence-corrected chi connectivity index (χ0v) is 13.5. The fourth-order valence-corrected chi connectivity index (χ4v) is 2.02. The van der Waals surface area contributed by atoms with Crippen LogP contribution in [-0.2, 0) is 18.2 Å². The Balaban J connectivity index is 1.75. The molecule has 0 aliphatic rings. The number of amides is 1. The van der Waals surface area contributed by atoms with Gasteiger partial charge in [0.2, 0.25) is 0 Å². The largest absolute Gasteiger partial charge is 0.491 e. The molecule has 0 bridgehead atoms. The van der Waals surface area contributed by atoms with Crippen LogP contribution < -0.4 is 10.1 Å². The monoisotopic (exact) mass is 318 g/mol. The zero-order valence-electron chi connectivity index (χ0n) is 13.5. The first-order valence-corrected chi connectivity index (χ1v) is 7.53. The lowest BCUT2D eigenvalue weighted by atomic mass is 10.2. The van der Waals surface area contributed by atoms with Crippen LogP contribution in [0.15, 0.2) is 30.6 Å². The van der Waals surface area contributed by atoms with Crippen LogP contribution in [0, 0.1) is 0 Å². The lowest BCUT2D eigenvalue weighted by Crippen LogP contribution is -2.24. The third-order valence-corrected chi connectivity index (χ3v) is 3.16. The van der Waals surface area contributed by atoms with Gasteiger partial charge in [0.25, 0.3) is 5.91 Å². The number of hydrogen-bond donors (Lipinski definition) is 1. The van der Waals surface area contributed by atoms with Gasteiger partial charge < -0.3 is 14.8 Å². The Hall–Kier alpha value is -2.41. The maximum atomic E-state index is 12.1. The summed E-state index contributed by atoms with van der Waals surface area (Å²) in [5, 5.41) is 7.09. The van der Waals surface area contributed by atoms with E-state index in [0.717, 1.165) is 18.7 Å². The third-order valence-electron chi connectivity index (χ3n) is 3.16. The van der Waals surface area contributed by atoms with Crippen LogP contribution >= 0.6 is 0 Å². The third kappa shape index (κ3) is 5.71. The maximum absolute atomic E-state index is 12.1. The topological polar surface area (TPSA) is 78.3 Å². The lowest BCUT2D eigenvalue weighted by Gasteiger charge is -2.08. The minimum Gasteiger partial charge on any atom is -0.491 e. The van der Waals surface area contributed by atoms with Gasteiger partial charge in [-0.3, -0.25) is 9.48 Å². The highest BCUT2D eigenvalue weighted by Gasteiger charge is 2.07. The number of ether oxygens (including phenoxy) is 2. The second kappa shape index (κ2) is 8.89. The Bertz CT molecular complexity index is 627. The molecule has 124 valence electrons.